The SMILES string of the molecule is COC(=O)c1ccc(Nc2cnnc(N3c4ccccc4CC3C)n2)cc1. The van der Waals surface area contributed by atoms with E-state index in [-0.39, 0.29) is 12.0 Å². The fourth-order valence-electron chi connectivity index (χ4n) is 3.28. The van der Waals surface area contributed by atoms with Crippen molar-refractivity contribution in [1.82, 2.24) is 15.2 Å². The summed E-state index contributed by atoms with van der Waals surface area (Å²) in [6.45, 7) is 2.15. The monoisotopic (exact) mass is 361 g/mol. The highest BCUT2D eigenvalue weighted by atomic mass is 16.5. The molecule has 1 atom stereocenters. The zero-order chi connectivity index (χ0) is 18.8. The summed E-state index contributed by atoms with van der Waals surface area (Å²) in [5.74, 6) is 0.778. The Hall–Kier alpha value is -3.48. The standard InChI is InChI=1S/C20H19N5O2/c1-13-11-15-5-3-4-6-17(15)25(13)20-23-18(12-21-24-20)22-16-9-7-14(8-10-16)19(26)27-2/h3-10,12-13H,11H2,1-2H3,(H,22,23,24). The molecule has 7 heteroatoms. The third kappa shape index (κ3) is 3.31. The summed E-state index contributed by atoms with van der Waals surface area (Å²) < 4.78 is 4.71. The average molecular weight is 361 g/mol. The summed E-state index contributed by atoms with van der Waals surface area (Å²) in [6, 6.07) is 15.5. The average Bonchev–Trinajstić information content (AvgIpc) is 3.04. The van der Waals surface area contributed by atoms with E-state index in [9.17, 15) is 4.79 Å². The lowest BCUT2D eigenvalue weighted by Crippen LogP contribution is -2.26. The van der Waals surface area contributed by atoms with Crippen molar-refractivity contribution in [3.8, 4) is 0 Å². The van der Waals surface area contributed by atoms with E-state index in [1.807, 2.05) is 12.1 Å². The molecule has 3 aromatic rings. The summed E-state index contributed by atoms with van der Waals surface area (Å²) in [7, 11) is 1.36. The van der Waals surface area contributed by atoms with Gasteiger partial charge < -0.3 is 15.0 Å². The molecule has 0 bridgehead atoms. The second-order valence-corrected chi connectivity index (χ2v) is 6.39. The van der Waals surface area contributed by atoms with Crippen LogP contribution in [0, 0.1) is 0 Å². The maximum atomic E-state index is 11.5. The van der Waals surface area contributed by atoms with E-state index in [4.69, 9.17) is 4.74 Å². The minimum absolute atomic E-state index is 0.263. The first-order valence-corrected chi connectivity index (χ1v) is 8.68. The Morgan fingerprint density at radius 1 is 1.19 bits per heavy atom. The number of aromatic nitrogens is 3. The van der Waals surface area contributed by atoms with Crippen molar-refractivity contribution >= 4 is 29.1 Å². The van der Waals surface area contributed by atoms with E-state index < -0.39 is 0 Å². The number of fused-ring (bicyclic) bond motifs is 1. The third-order valence-corrected chi connectivity index (χ3v) is 4.55. The number of nitrogens with zero attached hydrogens (tertiary/aromatic N) is 4. The molecule has 0 spiro atoms. The number of ether oxygens (including phenoxy) is 1. The van der Waals surface area contributed by atoms with Crippen molar-refractivity contribution in [1.29, 1.82) is 0 Å². The molecule has 27 heavy (non-hydrogen) atoms. The van der Waals surface area contributed by atoms with E-state index in [1.54, 1.807) is 30.5 Å². The molecule has 1 aliphatic rings. The molecule has 1 N–H and O–H groups in total. The van der Waals surface area contributed by atoms with Gasteiger partial charge in [0.2, 0.25) is 0 Å². The number of nitrogens with one attached hydrogen (secondary N) is 1. The molecule has 0 radical (unpaired) electrons. The molecule has 1 unspecified atom stereocenters. The second kappa shape index (κ2) is 7.03. The molecule has 0 saturated heterocycles. The number of carbonyl (C=O) groups excluding carboxylic acids is 1. The van der Waals surface area contributed by atoms with Crippen LogP contribution < -0.4 is 10.2 Å². The number of rotatable bonds is 4. The number of hydrogen-bond acceptors (Lipinski definition) is 7. The summed E-state index contributed by atoms with van der Waals surface area (Å²) in [6.07, 6.45) is 2.52. The number of hydrogen-bond donors (Lipinski definition) is 1. The first-order valence-electron chi connectivity index (χ1n) is 8.68. The van der Waals surface area contributed by atoms with Gasteiger partial charge in [0, 0.05) is 17.4 Å². The van der Waals surface area contributed by atoms with Crippen LogP contribution in [0.2, 0.25) is 0 Å². The molecule has 0 saturated carbocycles. The molecule has 136 valence electrons. The quantitative estimate of drug-likeness (QED) is 0.713. The predicted octanol–water partition coefficient (Wildman–Crippen LogP) is 3.48. The number of methoxy groups -OCH3 is 1. The molecule has 0 aliphatic carbocycles. The zero-order valence-corrected chi connectivity index (χ0v) is 15.1. The van der Waals surface area contributed by atoms with Gasteiger partial charge in [-0.3, -0.25) is 0 Å². The van der Waals surface area contributed by atoms with Crippen molar-refractivity contribution in [3.05, 3.63) is 65.9 Å². The van der Waals surface area contributed by atoms with Crippen molar-refractivity contribution in [2.75, 3.05) is 17.3 Å². The second-order valence-electron chi connectivity index (χ2n) is 6.39. The molecule has 2 aromatic carbocycles. The largest absolute Gasteiger partial charge is 0.465 e. The number of benzene rings is 2. The Morgan fingerprint density at radius 3 is 2.74 bits per heavy atom. The summed E-state index contributed by atoms with van der Waals surface area (Å²) in [5.41, 5.74) is 3.69. The van der Waals surface area contributed by atoms with Gasteiger partial charge in [0.05, 0.1) is 18.9 Å². The van der Waals surface area contributed by atoms with Gasteiger partial charge in [-0.2, -0.15) is 10.1 Å². The van der Waals surface area contributed by atoms with Gasteiger partial charge in [0.15, 0.2) is 5.82 Å². The van der Waals surface area contributed by atoms with Gasteiger partial charge in [0.1, 0.15) is 0 Å². The van der Waals surface area contributed by atoms with Crippen molar-refractivity contribution in [2.45, 2.75) is 19.4 Å². The van der Waals surface area contributed by atoms with Crippen LogP contribution in [0.25, 0.3) is 0 Å². The van der Waals surface area contributed by atoms with Crippen molar-refractivity contribution < 1.29 is 9.53 Å². The van der Waals surface area contributed by atoms with Crippen LogP contribution in [-0.2, 0) is 11.2 Å². The number of anilines is 4. The van der Waals surface area contributed by atoms with Crippen LogP contribution in [-0.4, -0.2) is 34.3 Å². The summed E-state index contributed by atoms with van der Waals surface area (Å²) in [5, 5.41) is 11.5. The molecule has 4 rings (SSSR count). The Balaban J connectivity index is 1.57. The molecule has 1 aliphatic heterocycles. The highest BCUT2D eigenvalue weighted by Gasteiger charge is 2.29. The lowest BCUT2D eigenvalue weighted by Gasteiger charge is -2.22. The lowest BCUT2D eigenvalue weighted by atomic mass is 10.1. The number of para-hydroxylation sites is 1. The highest BCUT2D eigenvalue weighted by molar-refractivity contribution is 5.89. The van der Waals surface area contributed by atoms with Crippen LogP contribution in [0.15, 0.2) is 54.7 Å². The Labute approximate surface area is 157 Å². The van der Waals surface area contributed by atoms with E-state index >= 15 is 0 Å². The van der Waals surface area contributed by atoms with Gasteiger partial charge in [-0.05, 0) is 49.2 Å². The van der Waals surface area contributed by atoms with Gasteiger partial charge in [-0.25, -0.2) is 4.79 Å². The first-order chi connectivity index (χ1) is 13.2. The molecular formula is C20H19N5O2. The number of carbonyl (C=O) groups is 1. The minimum atomic E-state index is -0.366. The van der Waals surface area contributed by atoms with E-state index in [0.29, 0.717) is 17.3 Å². The van der Waals surface area contributed by atoms with Crippen molar-refractivity contribution in [2.24, 2.45) is 0 Å². The smallest absolute Gasteiger partial charge is 0.337 e. The van der Waals surface area contributed by atoms with E-state index in [1.165, 1.54) is 12.7 Å². The Morgan fingerprint density at radius 2 is 1.96 bits per heavy atom. The fourth-order valence-corrected chi connectivity index (χ4v) is 3.28. The highest BCUT2D eigenvalue weighted by Crippen LogP contribution is 2.36. The molecule has 7 nitrogen and oxygen atoms in total. The number of esters is 1. The molecule has 0 fully saturated rings. The van der Waals surface area contributed by atoms with Gasteiger partial charge in [0.25, 0.3) is 5.95 Å². The first kappa shape index (κ1) is 17.0. The van der Waals surface area contributed by atoms with Crippen LogP contribution >= 0.6 is 0 Å². The minimum Gasteiger partial charge on any atom is -0.465 e. The normalized spacial score (nSPS) is 15.3. The van der Waals surface area contributed by atoms with Gasteiger partial charge in [-0.1, -0.05) is 18.2 Å². The van der Waals surface area contributed by atoms with Crippen molar-refractivity contribution in [3.63, 3.8) is 0 Å². The predicted molar refractivity (Wildman–Crippen MR) is 103 cm³/mol. The van der Waals surface area contributed by atoms with Crippen LogP contribution in [0.1, 0.15) is 22.8 Å². The molecular weight excluding hydrogens is 342 g/mol. The van der Waals surface area contributed by atoms with Gasteiger partial charge in [-0.15, -0.1) is 5.10 Å². The summed E-state index contributed by atoms with van der Waals surface area (Å²) in [4.78, 5) is 18.3. The van der Waals surface area contributed by atoms with Gasteiger partial charge >= 0.3 is 5.97 Å². The van der Waals surface area contributed by atoms with Crippen LogP contribution in [0.3, 0.4) is 0 Å². The fraction of sp³-hybridized carbons (Fsp3) is 0.200. The molecule has 2 heterocycles. The van der Waals surface area contributed by atoms with E-state index in [2.05, 4.69) is 44.5 Å². The lowest BCUT2D eigenvalue weighted by molar-refractivity contribution is 0.0601. The third-order valence-electron chi connectivity index (χ3n) is 4.55. The Bertz CT molecular complexity index is 974. The Kier molecular flexibility index (Phi) is 4.42. The zero-order valence-electron chi connectivity index (χ0n) is 15.1. The topological polar surface area (TPSA) is 80.2 Å². The maximum Gasteiger partial charge on any atom is 0.337 e. The molecule has 1 aromatic heterocycles. The molecule has 0 amide bonds. The van der Waals surface area contributed by atoms with Crippen LogP contribution in [0.4, 0.5) is 23.1 Å². The van der Waals surface area contributed by atoms with Crippen LogP contribution in [0.5, 0.6) is 0 Å². The maximum absolute atomic E-state index is 11.5. The summed E-state index contributed by atoms with van der Waals surface area (Å²) >= 11 is 0. The van der Waals surface area contributed by atoms with E-state index in [0.717, 1.165) is 17.8 Å².